The smallest absolute Gasteiger partial charge is 0.265 e. The zero-order chi connectivity index (χ0) is 19.2. The first-order valence-electron chi connectivity index (χ1n) is 10.6. The molecule has 1 saturated carbocycles. The standard InChI is InChI=1S/C24H29NO3/c26-24(25-20-11-5-2-6-12-20)23(16-18-8-3-1-4-9-18)28-21-13-14-22-19(17-21)10-7-15-27-22/h2,5-6,11-14,17-18,23H,1,3-4,7-10,15-16H2,(H,25,26). The molecule has 0 radical (unpaired) electrons. The van der Waals surface area contributed by atoms with E-state index in [-0.39, 0.29) is 5.91 Å². The number of para-hydroxylation sites is 1. The Kier molecular flexibility index (Phi) is 6.15. The number of amides is 1. The number of nitrogens with one attached hydrogen (secondary N) is 1. The second kappa shape index (κ2) is 9.13. The zero-order valence-corrected chi connectivity index (χ0v) is 16.4. The fraction of sp³-hybridized carbons (Fsp3) is 0.458. The maximum Gasteiger partial charge on any atom is 0.265 e. The molecular formula is C24H29NO3. The molecule has 1 atom stereocenters. The average Bonchev–Trinajstić information content (AvgIpc) is 2.74. The molecule has 2 aromatic carbocycles. The van der Waals surface area contributed by atoms with Crippen LogP contribution in [0.2, 0.25) is 0 Å². The highest BCUT2D eigenvalue weighted by Gasteiger charge is 2.26. The summed E-state index contributed by atoms with van der Waals surface area (Å²) < 4.78 is 11.9. The molecule has 1 heterocycles. The molecule has 0 saturated heterocycles. The Hall–Kier alpha value is -2.49. The van der Waals surface area contributed by atoms with E-state index in [1.807, 2.05) is 48.5 Å². The number of anilines is 1. The number of benzene rings is 2. The van der Waals surface area contributed by atoms with Crippen molar-refractivity contribution in [1.29, 1.82) is 0 Å². The summed E-state index contributed by atoms with van der Waals surface area (Å²) in [6.07, 6.45) is 8.52. The molecule has 1 N–H and O–H groups in total. The Morgan fingerprint density at radius 2 is 1.89 bits per heavy atom. The molecule has 28 heavy (non-hydrogen) atoms. The van der Waals surface area contributed by atoms with Crippen molar-refractivity contribution < 1.29 is 14.3 Å². The molecule has 0 spiro atoms. The largest absolute Gasteiger partial charge is 0.493 e. The van der Waals surface area contributed by atoms with Gasteiger partial charge in [0.25, 0.3) is 5.91 Å². The maximum atomic E-state index is 13.0. The average molecular weight is 380 g/mol. The number of hydrogen-bond donors (Lipinski definition) is 1. The van der Waals surface area contributed by atoms with Crippen LogP contribution in [0.3, 0.4) is 0 Å². The predicted octanol–water partition coefficient (Wildman–Crippen LogP) is 5.37. The molecular weight excluding hydrogens is 350 g/mol. The Labute approximate surface area is 167 Å². The van der Waals surface area contributed by atoms with Gasteiger partial charge in [-0.1, -0.05) is 50.3 Å². The van der Waals surface area contributed by atoms with E-state index in [1.165, 1.54) is 37.7 Å². The van der Waals surface area contributed by atoms with Crippen LogP contribution in [-0.2, 0) is 11.2 Å². The molecule has 2 aromatic rings. The monoisotopic (exact) mass is 379 g/mol. The lowest BCUT2D eigenvalue weighted by Crippen LogP contribution is -2.35. The molecule has 4 heteroatoms. The van der Waals surface area contributed by atoms with E-state index in [4.69, 9.17) is 9.47 Å². The molecule has 148 valence electrons. The molecule has 1 aliphatic heterocycles. The Balaban J connectivity index is 1.49. The molecule has 1 fully saturated rings. The van der Waals surface area contributed by atoms with Gasteiger partial charge in [0.1, 0.15) is 11.5 Å². The molecule has 4 nitrogen and oxygen atoms in total. The highest BCUT2D eigenvalue weighted by molar-refractivity contribution is 5.94. The van der Waals surface area contributed by atoms with Gasteiger partial charge in [-0.3, -0.25) is 4.79 Å². The Bertz CT molecular complexity index is 784. The van der Waals surface area contributed by atoms with Crippen molar-refractivity contribution in [1.82, 2.24) is 0 Å². The topological polar surface area (TPSA) is 47.6 Å². The normalized spacial score (nSPS) is 17.9. The quantitative estimate of drug-likeness (QED) is 0.734. The maximum absolute atomic E-state index is 13.0. The van der Waals surface area contributed by atoms with Crippen LogP contribution < -0.4 is 14.8 Å². The summed E-state index contributed by atoms with van der Waals surface area (Å²) in [4.78, 5) is 13.0. The van der Waals surface area contributed by atoms with Crippen LogP contribution >= 0.6 is 0 Å². The van der Waals surface area contributed by atoms with Crippen molar-refractivity contribution >= 4 is 11.6 Å². The van der Waals surface area contributed by atoms with Crippen LogP contribution in [0.5, 0.6) is 11.5 Å². The molecule has 1 amide bonds. The number of aryl methyl sites for hydroxylation is 1. The van der Waals surface area contributed by atoms with Crippen LogP contribution in [0.25, 0.3) is 0 Å². The number of carbonyl (C=O) groups is 1. The van der Waals surface area contributed by atoms with Gasteiger partial charge in [-0.2, -0.15) is 0 Å². The van der Waals surface area contributed by atoms with Crippen molar-refractivity contribution in [2.45, 2.75) is 57.5 Å². The van der Waals surface area contributed by atoms with Crippen molar-refractivity contribution in [3.05, 3.63) is 54.1 Å². The number of ether oxygens (including phenoxy) is 2. The third-order valence-electron chi connectivity index (χ3n) is 5.76. The van der Waals surface area contributed by atoms with Gasteiger partial charge in [0.15, 0.2) is 6.10 Å². The van der Waals surface area contributed by atoms with E-state index in [1.54, 1.807) is 0 Å². The zero-order valence-electron chi connectivity index (χ0n) is 16.4. The fourth-order valence-corrected chi connectivity index (χ4v) is 4.25. The predicted molar refractivity (Wildman–Crippen MR) is 111 cm³/mol. The van der Waals surface area contributed by atoms with E-state index < -0.39 is 6.10 Å². The van der Waals surface area contributed by atoms with Gasteiger partial charge < -0.3 is 14.8 Å². The highest BCUT2D eigenvalue weighted by Crippen LogP contribution is 2.32. The minimum absolute atomic E-state index is 0.0641. The minimum atomic E-state index is -0.481. The summed E-state index contributed by atoms with van der Waals surface area (Å²) >= 11 is 0. The van der Waals surface area contributed by atoms with Crippen molar-refractivity contribution in [2.75, 3.05) is 11.9 Å². The molecule has 0 aromatic heterocycles. The van der Waals surface area contributed by atoms with Gasteiger partial charge in [-0.25, -0.2) is 0 Å². The summed E-state index contributed by atoms with van der Waals surface area (Å²) in [5.41, 5.74) is 1.98. The molecule has 1 unspecified atom stereocenters. The van der Waals surface area contributed by atoms with Crippen LogP contribution in [0.15, 0.2) is 48.5 Å². The summed E-state index contributed by atoms with van der Waals surface area (Å²) in [5, 5.41) is 3.03. The Morgan fingerprint density at radius 1 is 1.07 bits per heavy atom. The molecule has 2 aliphatic rings. The Morgan fingerprint density at radius 3 is 2.71 bits per heavy atom. The summed E-state index contributed by atoms with van der Waals surface area (Å²) in [6, 6.07) is 15.5. The van der Waals surface area contributed by atoms with Gasteiger partial charge in [-0.15, -0.1) is 0 Å². The first kappa shape index (κ1) is 18.9. The third kappa shape index (κ3) is 4.86. The third-order valence-corrected chi connectivity index (χ3v) is 5.76. The first-order valence-corrected chi connectivity index (χ1v) is 10.6. The number of rotatable bonds is 6. The van der Waals surface area contributed by atoms with E-state index in [2.05, 4.69) is 5.32 Å². The summed E-state index contributed by atoms with van der Waals surface area (Å²) in [6.45, 7) is 0.775. The van der Waals surface area contributed by atoms with Crippen LogP contribution in [-0.4, -0.2) is 18.6 Å². The highest BCUT2D eigenvalue weighted by atomic mass is 16.5. The summed E-state index contributed by atoms with van der Waals surface area (Å²) in [5.74, 6) is 2.19. The minimum Gasteiger partial charge on any atom is -0.493 e. The van der Waals surface area contributed by atoms with Crippen LogP contribution in [0.4, 0.5) is 5.69 Å². The SMILES string of the molecule is O=C(Nc1ccccc1)C(CC1CCCCC1)Oc1ccc2c(c1)CCCO2. The van der Waals surface area contributed by atoms with Gasteiger partial charge in [0.05, 0.1) is 6.61 Å². The molecule has 1 aliphatic carbocycles. The van der Waals surface area contributed by atoms with E-state index in [0.29, 0.717) is 5.92 Å². The lowest BCUT2D eigenvalue weighted by molar-refractivity contribution is -0.123. The number of fused-ring (bicyclic) bond motifs is 1. The summed E-state index contributed by atoms with van der Waals surface area (Å²) in [7, 11) is 0. The van der Waals surface area contributed by atoms with E-state index in [0.717, 1.165) is 43.1 Å². The van der Waals surface area contributed by atoms with E-state index in [9.17, 15) is 4.79 Å². The van der Waals surface area contributed by atoms with Gasteiger partial charge >= 0.3 is 0 Å². The second-order valence-corrected chi connectivity index (χ2v) is 7.92. The van der Waals surface area contributed by atoms with Gasteiger partial charge in [0.2, 0.25) is 0 Å². The van der Waals surface area contributed by atoms with Crippen molar-refractivity contribution in [3.63, 3.8) is 0 Å². The van der Waals surface area contributed by atoms with E-state index >= 15 is 0 Å². The van der Waals surface area contributed by atoms with Crippen molar-refractivity contribution in [3.8, 4) is 11.5 Å². The van der Waals surface area contributed by atoms with Gasteiger partial charge in [-0.05, 0) is 61.1 Å². The van der Waals surface area contributed by atoms with Gasteiger partial charge in [0, 0.05) is 5.69 Å². The second-order valence-electron chi connectivity index (χ2n) is 7.92. The molecule has 4 rings (SSSR count). The lowest BCUT2D eigenvalue weighted by atomic mass is 9.85. The van der Waals surface area contributed by atoms with Crippen molar-refractivity contribution in [2.24, 2.45) is 5.92 Å². The fourth-order valence-electron chi connectivity index (χ4n) is 4.25. The first-order chi connectivity index (χ1) is 13.8. The molecule has 0 bridgehead atoms. The lowest BCUT2D eigenvalue weighted by Gasteiger charge is -2.27. The van der Waals surface area contributed by atoms with Crippen LogP contribution in [0, 0.1) is 5.92 Å². The number of hydrogen-bond acceptors (Lipinski definition) is 3. The van der Waals surface area contributed by atoms with Crippen LogP contribution in [0.1, 0.15) is 50.5 Å². The number of carbonyl (C=O) groups excluding carboxylic acids is 1.